The highest BCUT2D eigenvalue weighted by Crippen LogP contribution is 2.39. The summed E-state index contributed by atoms with van der Waals surface area (Å²) >= 11 is 0. The van der Waals surface area contributed by atoms with Crippen molar-refractivity contribution in [1.82, 2.24) is 19.4 Å². The number of nitrogens with two attached hydrogens (primary N) is 2. The van der Waals surface area contributed by atoms with E-state index < -0.39 is 0 Å². The van der Waals surface area contributed by atoms with E-state index in [0.29, 0.717) is 24.2 Å². The molecule has 3 heterocycles. The zero-order chi connectivity index (χ0) is 22.4. The summed E-state index contributed by atoms with van der Waals surface area (Å²) in [4.78, 5) is 14.2. The van der Waals surface area contributed by atoms with Crippen LogP contribution in [0.3, 0.4) is 0 Å². The van der Waals surface area contributed by atoms with Gasteiger partial charge in [0.2, 0.25) is 5.88 Å². The van der Waals surface area contributed by atoms with E-state index in [1.165, 1.54) is 6.42 Å². The third-order valence-electron chi connectivity index (χ3n) is 6.39. The Hall–Kier alpha value is -3.97. The van der Waals surface area contributed by atoms with Crippen molar-refractivity contribution in [3.05, 3.63) is 78.4 Å². The van der Waals surface area contributed by atoms with Crippen LogP contribution in [0.4, 0.5) is 5.82 Å². The lowest BCUT2D eigenvalue weighted by Gasteiger charge is -2.23. The third kappa shape index (κ3) is 3.37. The van der Waals surface area contributed by atoms with Gasteiger partial charge in [0.05, 0.1) is 5.52 Å². The van der Waals surface area contributed by atoms with Gasteiger partial charge in [-0.1, -0.05) is 36.8 Å². The summed E-state index contributed by atoms with van der Waals surface area (Å²) in [5.41, 5.74) is 16.6. The van der Waals surface area contributed by atoms with Gasteiger partial charge < -0.3 is 16.2 Å². The molecule has 0 radical (unpaired) electrons. The number of para-hydroxylation sites is 1. The second-order valence-electron chi connectivity index (χ2n) is 8.46. The van der Waals surface area contributed by atoms with Crippen LogP contribution in [0.1, 0.15) is 36.6 Å². The first-order chi connectivity index (χ1) is 16.2. The van der Waals surface area contributed by atoms with Crippen molar-refractivity contribution in [2.75, 3.05) is 5.73 Å². The molecule has 7 nitrogen and oxygen atoms in total. The first-order valence-electron chi connectivity index (χ1n) is 11.2. The van der Waals surface area contributed by atoms with E-state index in [1.54, 1.807) is 6.20 Å². The van der Waals surface area contributed by atoms with Crippen LogP contribution < -0.4 is 16.2 Å². The summed E-state index contributed by atoms with van der Waals surface area (Å²) in [6.07, 6.45) is 7.24. The Morgan fingerprint density at radius 3 is 2.64 bits per heavy atom. The number of hydrogen-bond donors (Lipinski definition) is 2. The summed E-state index contributed by atoms with van der Waals surface area (Å²) < 4.78 is 8.16. The molecule has 1 fully saturated rings. The number of benzene rings is 2. The Bertz CT molecular complexity index is 1470. The van der Waals surface area contributed by atoms with Crippen molar-refractivity contribution in [2.24, 2.45) is 5.73 Å². The van der Waals surface area contributed by atoms with E-state index in [0.717, 1.165) is 57.7 Å². The Kier molecular flexibility index (Phi) is 4.69. The number of nitrogens with zero attached hydrogens (tertiary/aromatic N) is 4. The average Bonchev–Trinajstić information content (AvgIpc) is 3.18. The van der Waals surface area contributed by atoms with Crippen molar-refractivity contribution in [3.8, 4) is 22.9 Å². The predicted octanol–water partition coefficient (Wildman–Crippen LogP) is 5.05. The molecule has 2 aromatic carbocycles. The van der Waals surface area contributed by atoms with Gasteiger partial charge in [0.15, 0.2) is 0 Å². The van der Waals surface area contributed by atoms with Crippen LogP contribution in [0.5, 0.6) is 11.6 Å². The second kappa shape index (κ2) is 7.86. The van der Waals surface area contributed by atoms with Gasteiger partial charge in [-0.2, -0.15) is 0 Å². The number of imidazole rings is 1. The molecule has 0 atom stereocenters. The topological polar surface area (TPSA) is 104 Å². The lowest BCUT2D eigenvalue weighted by molar-refractivity contribution is 0.400. The smallest absolute Gasteiger partial charge is 0.224 e. The number of ether oxygens (including phenoxy) is 1. The molecule has 164 valence electrons. The van der Waals surface area contributed by atoms with Gasteiger partial charge in [-0.05, 0) is 37.1 Å². The molecule has 0 aliphatic heterocycles. The van der Waals surface area contributed by atoms with Crippen molar-refractivity contribution in [3.63, 3.8) is 0 Å². The molecule has 0 spiro atoms. The van der Waals surface area contributed by atoms with Crippen LogP contribution in [0.15, 0.2) is 67.0 Å². The molecule has 5 aromatic rings. The van der Waals surface area contributed by atoms with Crippen LogP contribution in [-0.2, 0) is 6.54 Å². The van der Waals surface area contributed by atoms with Gasteiger partial charge >= 0.3 is 0 Å². The number of fused-ring (bicyclic) bond motifs is 2. The molecule has 1 saturated carbocycles. The largest absolute Gasteiger partial charge is 0.439 e. The van der Waals surface area contributed by atoms with E-state index in [9.17, 15) is 0 Å². The fraction of sp³-hybridized carbons (Fsp3) is 0.192. The number of rotatable bonds is 5. The van der Waals surface area contributed by atoms with E-state index in [1.807, 2.05) is 54.7 Å². The molecule has 0 unspecified atom stereocenters. The lowest BCUT2D eigenvalue weighted by Crippen LogP contribution is -2.12. The molecule has 1 aliphatic rings. The number of hydrogen-bond acceptors (Lipinski definition) is 6. The second-order valence-corrected chi connectivity index (χ2v) is 8.46. The Morgan fingerprint density at radius 1 is 1.03 bits per heavy atom. The van der Waals surface area contributed by atoms with Crippen LogP contribution in [0.25, 0.3) is 27.7 Å². The molecule has 0 saturated heterocycles. The summed E-state index contributed by atoms with van der Waals surface area (Å²) in [5.74, 6) is 3.23. The van der Waals surface area contributed by atoms with Crippen molar-refractivity contribution >= 4 is 22.2 Å². The molecule has 33 heavy (non-hydrogen) atoms. The maximum absolute atomic E-state index is 6.31. The maximum atomic E-state index is 6.31. The van der Waals surface area contributed by atoms with Crippen LogP contribution in [0, 0.1) is 0 Å². The fourth-order valence-electron chi connectivity index (χ4n) is 4.42. The molecular weight excluding hydrogens is 412 g/mol. The molecule has 7 heteroatoms. The number of anilines is 1. The van der Waals surface area contributed by atoms with Crippen LogP contribution >= 0.6 is 0 Å². The monoisotopic (exact) mass is 436 g/mol. The summed E-state index contributed by atoms with van der Waals surface area (Å²) in [5, 5.41) is 0.994. The SMILES string of the molecule is NCc1cc2ccc(-c3nc(C4CCC4)n4ccnc(N)c34)cc2nc1Oc1ccccc1. The average molecular weight is 437 g/mol. The molecule has 4 N–H and O–H groups in total. The fourth-order valence-corrected chi connectivity index (χ4v) is 4.42. The number of pyridine rings is 1. The highest BCUT2D eigenvalue weighted by atomic mass is 16.5. The van der Waals surface area contributed by atoms with Gasteiger partial charge in [0.25, 0.3) is 0 Å². The van der Waals surface area contributed by atoms with E-state index in [-0.39, 0.29) is 0 Å². The lowest BCUT2D eigenvalue weighted by atomic mass is 9.85. The predicted molar refractivity (Wildman–Crippen MR) is 129 cm³/mol. The number of aromatic nitrogens is 4. The minimum absolute atomic E-state index is 0.339. The minimum atomic E-state index is 0.339. The van der Waals surface area contributed by atoms with Gasteiger partial charge in [-0.3, -0.25) is 4.40 Å². The Labute approximate surface area is 191 Å². The van der Waals surface area contributed by atoms with E-state index in [2.05, 4.69) is 15.5 Å². The minimum Gasteiger partial charge on any atom is -0.439 e. The zero-order valence-electron chi connectivity index (χ0n) is 18.1. The standard InChI is InChI=1S/C26H24N6O/c27-15-19-13-17-9-10-18(14-21(17)30-26(19)33-20-7-2-1-3-8-20)22-23-24(28)29-11-12-32(23)25(31-22)16-5-4-6-16/h1-3,7-14,16H,4-6,15,27H2,(H2,28,29). The first-order valence-corrected chi connectivity index (χ1v) is 11.2. The quantitative estimate of drug-likeness (QED) is 0.400. The number of nitrogen functional groups attached to an aromatic ring is 1. The molecule has 0 amide bonds. The molecule has 6 rings (SSSR count). The summed E-state index contributed by atoms with van der Waals surface area (Å²) in [6, 6.07) is 17.8. The van der Waals surface area contributed by atoms with Crippen LogP contribution in [0.2, 0.25) is 0 Å². The molecular formula is C26H24N6O. The Balaban J connectivity index is 1.49. The van der Waals surface area contributed by atoms with Gasteiger partial charge in [-0.15, -0.1) is 0 Å². The Morgan fingerprint density at radius 2 is 1.88 bits per heavy atom. The molecule has 1 aliphatic carbocycles. The first kappa shape index (κ1) is 19.7. The summed E-state index contributed by atoms with van der Waals surface area (Å²) in [6.45, 7) is 0.339. The van der Waals surface area contributed by atoms with Crippen LogP contribution in [-0.4, -0.2) is 19.4 Å². The highest BCUT2D eigenvalue weighted by Gasteiger charge is 2.27. The van der Waals surface area contributed by atoms with E-state index >= 15 is 0 Å². The third-order valence-corrected chi connectivity index (χ3v) is 6.39. The van der Waals surface area contributed by atoms with E-state index in [4.69, 9.17) is 26.2 Å². The molecule has 3 aromatic heterocycles. The van der Waals surface area contributed by atoms with Crippen molar-refractivity contribution < 1.29 is 4.74 Å². The normalized spacial score (nSPS) is 14.0. The van der Waals surface area contributed by atoms with Gasteiger partial charge in [-0.25, -0.2) is 15.0 Å². The molecule has 0 bridgehead atoms. The van der Waals surface area contributed by atoms with Gasteiger partial charge in [0.1, 0.15) is 28.6 Å². The summed E-state index contributed by atoms with van der Waals surface area (Å²) in [7, 11) is 0. The maximum Gasteiger partial charge on any atom is 0.224 e. The zero-order valence-corrected chi connectivity index (χ0v) is 18.1. The van der Waals surface area contributed by atoms with Crippen molar-refractivity contribution in [2.45, 2.75) is 31.7 Å². The van der Waals surface area contributed by atoms with Gasteiger partial charge in [0, 0.05) is 41.4 Å². The van der Waals surface area contributed by atoms with Crippen molar-refractivity contribution in [1.29, 1.82) is 0 Å². The highest BCUT2D eigenvalue weighted by molar-refractivity contribution is 5.91.